The molecule has 3 nitrogen and oxygen atoms in total. The quantitative estimate of drug-likeness (QED) is 0.432. The van der Waals surface area contributed by atoms with Gasteiger partial charge in [0.2, 0.25) is 0 Å². The summed E-state index contributed by atoms with van der Waals surface area (Å²) in [7, 11) is 0. The summed E-state index contributed by atoms with van der Waals surface area (Å²) in [6, 6.07) is 0. The van der Waals surface area contributed by atoms with E-state index in [0.717, 1.165) is 12.7 Å². The first-order valence-electron chi connectivity index (χ1n) is 1.85. The summed E-state index contributed by atoms with van der Waals surface area (Å²) in [5.74, 6) is 0. The van der Waals surface area contributed by atoms with Gasteiger partial charge in [0.25, 0.3) is 0 Å². The van der Waals surface area contributed by atoms with Crippen molar-refractivity contribution < 1.29 is 15.7 Å². The SMILES string of the molecule is CCCC=O.O.O. The molecular formula is C4H12O3. The molecule has 0 aromatic heterocycles. The fourth-order valence-corrected chi connectivity index (χ4v) is 0.118. The lowest BCUT2D eigenvalue weighted by atomic mass is 10.4. The lowest BCUT2D eigenvalue weighted by Crippen LogP contribution is -1.64. The van der Waals surface area contributed by atoms with Gasteiger partial charge < -0.3 is 15.7 Å². The van der Waals surface area contributed by atoms with E-state index in [1.807, 2.05) is 6.92 Å². The van der Waals surface area contributed by atoms with Gasteiger partial charge in [-0.15, -0.1) is 0 Å². The van der Waals surface area contributed by atoms with Crippen molar-refractivity contribution in [1.82, 2.24) is 0 Å². The highest BCUT2D eigenvalue weighted by atomic mass is 16.1. The Morgan fingerprint density at radius 1 is 1.43 bits per heavy atom. The monoisotopic (exact) mass is 108 g/mol. The summed E-state index contributed by atoms with van der Waals surface area (Å²) in [5.41, 5.74) is 0. The summed E-state index contributed by atoms with van der Waals surface area (Å²) in [5, 5.41) is 0. The third kappa shape index (κ3) is 28.5. The minimum atomic E-state index is 0. The molecule has 0 rings (SSSR count). The van der Waals surface area contributed by atoms with Crippen LogP contribution in [-0.2, 0) is 4.79 Å². The molecule has 0 unspecified atom stereocenters. The molecule has 0 aromatic carbocycles. The van der Waals surface area contributed by atoms with E-state index in [-0.39, 0.29) is 11.0 Å². The van der Waals surface area contributed by atoms with Crippen LogP contribution in [-0.4, -0.2) is 17.2 Å². The summed E-state index contributed by atoms with van der Waals surface area (Å²) in [6.07, 6.45) is 2.61. The Kier molecular flexibility index (Phi) is 40.1. The highest BCUT2D eigenvalue weighted by Gasteiger charge is 1.66. The van der Waals surface area contributed by atoms with E-state index in [9.17, 15) is 4.79 Å². The van der Waals surface area contributed by atoms with Crippen LogP contribution in [0.5, 0.6) is 0 Å². The van der Waals surface area contributed by atoms with E-state index in [2.05, 4.69) is 0 Å². The van der Waals surface area contributed by atoms with E-state index >= 15 is 0 Å². The van der Waals surface area contributed by atoms with Gasteiger partial charge in [-0.05, 0) is 6.42 Å². The van der Waals surface area contributed by atoms with Crippen LogP contribution in [0.15, 0.2) is 0 Å². The zero-order valence-corrected chi connectivity index (χ0v) is 4.40. The van der Waals surface area contributed by atoms with Gasteiger partial charge in [0, 0.05) is 6.42 Å². The van der Waals surface area contributed by atoms with Crippen molar-refractivity contribution in [3.8, 4) is 0 Å². The van der Waals surface area contributed by atoms with Crippen molar-refractivity contribution in [2.75, 3.05) is 0 Å². The molecule has 0 saturated carbocycles. The number of aldehydes is 1. The second kappa shape index (κ2) is 17.6. The van der Waals surface area contributed by atoms with E-state index in [4.69, 9.17) is 0 Å². The van der Waals surface area contributed by atoms with Crippen LogP contribution in [0, 0.1) is 0 Å². The number of unbranched alkanes of at least 4 members (excludes halogenated alkanes) is 1. The van der Waals surface area contributed by atoms with Crippen LogP contribution in [0.1, 0.15) is 19.8 Å². The predicted molar refractivity (Wildman–Crippen MR) is 28.2 cm³/mol. The molecule has 46 valence electrons. The van der Waals surface area contributed by atoms with Crippen molar-refractivity contribution >= 4 is 6.29 Å². The number of carbonyl (C=O) groups excluding carboxylic acids is 1. The predicted octanol–water partition coefficient (Wildman–Crippen LogP) is -0.664. The fraction of sp³-hybridized carbons (Fsp3) is 0.750. The molecule has 0 saturated heterocycles. The maximum absolute atomic E-state index is 9.40. The van der Waals surface area contributed by atoms with Gasteiger partial charge in [-0.3, -0.25) is 0 Å². The molecule has 0 fully saturated rings. The summed E-state index contributed by atoms with van der Waals surface area (Å²) in [4.78, 5) is 9.40. The highest BCUT2D eigenvalue weighted by Crippen LogP contribution is 1.74. The normalized spacial score (nSPS) is 5.29. The Labute approximate surface area is 43.0 Å². The zero-order chi connectivity index (χ0) is 4.12. The largest absolute Gasteiger partial charge is 0.412 e. The molecule has 3 heteroatoms. The van der Waals surface area contributed by atoms with Gasteiger partial charge in [0.05, 0.1) is 0 Å². The van der Waals surface area contributed by atoms with E-state index in [1.165, 1.54) is 0 Å². The summed E-state index contributed by atoms with van der Waals surface area (Å²) < 4.78 is 0. The van der Waals surface area contributed by atoms with Gasteiger partial charge >= 0.3 is 0 Å². The van der Waals surface area contributed by atoms with Crippen LogP contribution in [0.3, 0.4) is 0 Å². The molecule has 0 heterocycles. The second-order valence-corrected chi connectivity index (χ2v) is 0.955. The Morgan fingerprint density at radius 2 is 1.86 bits per heavy atom. The molecule has 0 aliphatic rings. The standard InChI is InChI=1S/C4H8O.2H2O/c1-2-3-4-5;;/h4H,2-3H2,1H3;2*1H2. The van der Waals surface area contributed by atoms with Crippen molar-refractivity contribution in [2.24, 2.45) is 0 Å². The summed E-state index contributed by atoms with van der Waals surface area (Å²) >= 11 is 0. The minimum absolute atomic E-state index is 0. The van der Waals surface area contributed by atoms with Crippen molar-refractivity contribution in [2.45, 2.75) is 19.8 Å². The molecule has 0 aliphatic heterocycles. The molecule has 7 heavy (non-hydrogen) atoms. The third-order valence-electron chi connectivity index (χ3n) is 0.407. The van der Waals surface area contributed by atoms with Crippen LogP contribution < -0.4 is 0 Å². The lowest BCUT2D eigenvalue weighted by molar-refractivity contribution is -0.107. The molecule has 0 radical (unpaired) electrons. The molecular weight excluding hydrogens is 96.0 g/mol. The Balaban J connectivity index is -0.0000000800. The molecule has 4 N–H and O–H groups in total. The summed E-state index contributed by atoms with van der Waals surface area (Å²) in [6.45, 7) is 1.98. The molecule has 0 bridgehead atoms. The molecule has 0 spiro atoms. The maximum atomic E-state index is 9.40. The smallest absolute Gasteiger partial charge is 0.119 e. The van der Waals surface area contributed by atoms with Crippen LogP contribution in [0.4, 0.5) is 0 Å². The van der Waals surface area contributed by atoms with Gasteiger partial charge in [0.15, 0.2) is 0 Å². The maximum Gasteiger partial charge on any atom is 0.119 e. The van der Waals surface area contributed by atoms with Crippen LogP contribution >= 0.6 is 0 Å². The van der Waals surface area contributed by atoms with Crippen LogP contribution in [0.25, 0.3) is 0 Å². The molecule has 0 atom stereocenters. The van der Waals surface area contributed by atoms with Crippen molar-refractivity contribution in [3.05, 3.63) is 0 Å². The third-order valence-corrected chi connectivity index (χ3v) is 0.407. The second-order valence-electron chi connectivity index (χ2n) is 0.955. The van der Waals surface area contributed by atoms with Gasteiger partial charge in [0.1, 0.15) is 6.29 Å². The first-order chi connectivity index (χ1) is 2.41. The van der Waals surface area contributed by atoms with E-state index in [0.29, 0.717) is 6.42 Å². The number of hydrogen-bond donors (Lipinski definition) is 0. The average Bonchev–Trinajstić information content (AvgIpc) is 1.41. The molecule has 0 aliphatic carbocycles. The van der Waals surface area contributed by atoms with Crippen molar-refractivity contribution in [3.63, 3.8) is 0 Å². The zero-order valence-electron chi connectivity index (χ0n) is 4.40. The number of rotatable bonds is 2. The Bertz CT molecular complexity index is 28.1. The number of carbonyl (C=O) groups is 1. The van der Waals surface area contributed by atoms with Gasteiger partial charge in [-0.25, -0.2) is 0 Å². The first kappa shape index (κ1) is 16.0. The topological polar surface area (TPSA) is 80.1 Å². The van der Waals surface area contributed by atoms with E-state index in [1.54, 1.807) is 0 Å². The number of hydrogen-bond acceptors (Lipinski definition) is 1. The first-order valence-corrected chi connectivity index (χ1v) is 1.85. The minimum Gasteiger partial charge on any atom is -0.412 e. The van der Waals surface area contributed by atoms with Gasteiger partial charge in [-0.1, -0.05) is 6.92 Å². The Morgan fingerprint density at radius 3 is 1.86 bits per heavy atom. The van der Waals surface area contributed by atoms with Crippen molar-refractivity contribution in [1.29, 1.82) is 0 Å². The van der Waals surface area contributed by atoms with Gasteiger partial charge in [-0.2, -0.15) is 0 Å². The average molecular weight is 108 g/mol. The lowest BCUT2D eigenvalue weighted by Gasteiger charge is -1.68. The van der Waals surface area contributed by atoms with E-state index < -0.39 is 0 Å². The van der Waals surface area contributed by atoms with Crippen LogP contribution in [0.2, 0.25) is 0 Å². The highest BCUT2D eigenvalue weighted by molar-refractivity contribution is 5.48. The molecule has 0 amide bonds. The Hall–Kier alpha value is -0.410. The fourth-order valence-electron chi connectivity index (χ4n) is 0.118. The molecule has 0 aromatic rings.